The number of aryl methyl sites for hydroxylation is 1. The molecule has 2 bridgehead atoms. The highest BCUT2D eigenvalue weighted by molar-refractivity contribution is 7.89. The number of sulfonamides is 1. The largest absolute Gasteiger partial charge is 0.444 e. The maximum Gasteiger partial charge on any atom is 0.410 e. The highest BCUT2D eigenvalue weighted by Crippen LogP contribution is 2.29. The number of nitrogens with zero attached hydrogens (tertiary/aromatic N) is 3. The van der Waals surface area contributed by atoms with E-state index in [-0.39, 0.29) is 22.8 Å². The molecule has 9 heteroatoms. The third-order valence-corrected chi connectivity index (χ3v) is 7.43. The molecule has 2 unspecified atom stereocenters. The van der Waals surface area contributed by atoms with E-state index in [1.54, 1.807) is 29.2 Å². The molecule has 2 heterocycles. The molecular formula is C26H34N4O4S. The molecular weight excluding hydrogens is 464 g/mol. The van der Waals surface area contributed by atoms with Crippen LogP contribution in [0.4, 0.5) is 4.79 Å². The lowest BCUT2D eigenvalue weighted by Gasteiger charge is -2.46. The number of benzene rings is 2. The lowest BCUT2D eigenvalue weighted by molar-refractivity contribution is 0.0120. The topological polar surface area (TPSA) is 91.3 Å². The summed E-state index contributed by atoms with van der Waals surface area (Å²) in [5.74, 6) is -0.195. The Balaban J connectivity index is 1.54. The highest BCUT2D eigenvalue weighted by atomic mass is 32.2. The van der Waals surface area contributed by atoms with Crippen molar-refractivity contribution < 1.29 is 17.9 Å². The Hall–Kier alpha value is -2.91. The van der Waals surface area contributed by atoms with E-state index in [0.717, 1.165) is 17.8 Å². The second kappa shape index (κ2) is 9.99. The zero-order valence-electron chi connectivity index (χ0n) is 20.8. The molecule has 2 atom stereocenters. The van der Waals surface area contributed by atoms with Gasteiger partial charge in [-0.15, -0.1) is 0 Å². The summed E-state index contributed by atoms with van der Waals surface area (Å²) >= 11 is 0. The summed E-state index contributed by atoms with van der Waals surface area (Å²) in [5.41, 5.74) is 2.42. The molecule has 0 aliphatic carbocycles. The van der Waals surface area contributed by atoms with Gasteiger partial charge in [-0.05, 0) is 45.4 Å². The molecule has 0 spiro atoms. The first kappa shape index (κ1) is 25.2. The average Bonchev–Trinajstić information content (AvgIpc) is 2.77. The van der Waals surface area contributed by atoms with E-state index < -0.39 is 15.6 Å². The molecule has 8 nitrogen and oxygen atoms in total. The number of likely N-dealkylation sites (tertiary alicyclic amines) is 2. The van der Waals surface area contributed by atoms with Gasteiger partial charge in [0.2, 0.25) is 0 Å². The third kappa shape index (κ3) is 6.41. The lowest BCUT2D eigenvalue weighted by atomic mass is 9.82. The van der Waals surface area contributed by atoms with Gasteiger partial charge in [0, 0.05) is 44.6 Å². The fourth-order valence-electron chi connectivity index (χ4n) is 4.64. The third-order valence-electron chi connectivity index (χ3n) is 6.20. The molecule has 2 aromatic carbocycles. The normalized spacial score (nSPS) is 20.9. The van der Waals surface area contributed by atoms with Crippen LogP contribution in [0.25, 0.3) is 0 Å². The van der Waals surface area contributed by atoms with Crippen molar-refractivity contribution in [3.05, 3.63) is 65.7 Å². The first-order chi connectivity index (χ1) is 16.5. The molecule has 35 heavy (non-hydrogen) atoms. The maximum absolute atomic E-state index is 12.8. The number of amides is 1. The molecule has 2 saturated heterocycles. The van der Waals surface area contributed by atoms with E-state index in [9.17, 15) is 13.2 Å². The van der Waals surface area contributed by atoms with Gasteiger partial charge in [0.1, 0.15) is 5.60 Å². The van der Waals surface area contributed by atoms with E-state index in [2.05, 4.69) is 27.0 Å². The van der Waals surface area contributed by atoms with Gasteiger partial charge in [-0.1, -0.05) is 48.0 Å². The first-order valence-electron chi connectivity index (χ1n) is 11.9. The standard InChI is InChI=1S/C26H34N4O4S/c1-19-10-12-23(13-11-19)35(32,33)28-27-24-21-15-29(14-20-8-6-5-7-9-20)16-22(24)18-30(17-21)25(31)34-26(2,3)4/h5-13,21-22,28H,14-18H2,1-4H3. The van der Waals surface area contributed by atoms with Crippen molar-refractivity contribution in [2.24, 2.45) is 16.9 Å². The van der Waals surface area contributed by atoms with Crippen molar-refractivity contribution in [3.8, 4) is 0 Å². The Labute approximate surface area is 208 Å². The summed E-state index contributed by atoms with van der Waals surface area (Å²) in [4.78, 5) is 19.5. The molecule has 0 saturated carbocycles. The summed E-state index contributed by atoms with van der Waals surface area (Å²) in [6, 6.07) is 16.9. The number of carbonyl (C=O) groups excluding carboxylic acids is 1. The monoisotopic (exact) mass is 498 g/mol. The van der Waals surface area contributed by atoms with E-state index >= 15 is 0 Å². The van der Waals surface area contributed by atoms with Crippen LogP contribution in [0.3, 0.4) is 0 Å². The van der Waals surface area contributed by atoms with Gasteiger partial charge < -0.3 is 9.64 Å². The Kier molecular flexibility index (Phi) is 7.19. The number of nitrogens with one attached hydrogen (secondary N) is 1. The Morgan fingerprint density at radius 1 is 1.00 bits per heavy atom. The number of fused-ring (bicyclic) bond motifs is 2. The van der Waals surface area contributed by atoms with Gasteiger partial charge >= 0.3 is 6.09 Å². The molecule has 0 aromatic heterocycles. The minimum absolute atomic E-state index is 0.0977. The molecule has 0 radical (unpaired) electrons. The zero-order chi connectivity index (χ0) is 25.2. The number of hydrogen-bond donors (Lipinski definition) is 1. The molecule has 1 amide bonds. The van der Waals surface area contributed by atoms with Crippen LogP contribution >= 0.6 is 0 Å². The van der Waals surface area contributed by atoms with Crippen LogP contribution < -0.4 is 4.83 Å². The molecule has 2 aliphatic rings. The second-order valence-corrected chi connectivity index (χ2v) is 12.1. The van der Waals surface area contributed by atoms with Gasteiger partial charge in [0.15, 0.2) is 0 Å². The summed E-state index contributed by atoms with van der Waals surface area (Å²) in [6.45, 7) is 10.5. The van der Waals surface area contributed by atoms with E-state index in [0.29, 0.717) is 26.2 Å². The molecule has 2 aliphatic heterocycles. The number of ether oxygens (including phenoxy) is 1. The van der Waals surface area contributed by atoms with Crippen molar-refractivity contribution in [2.75, 3.05) is 26.2 Å². The first-order valence-corrected chi connectivity index (χ1v) is 13.4. The predicted molar refractivity (Wildman–Crippen MR) is 135 cm³/mol. The molecule has 188 valence electrons. The van der Waals surface area contributed by atoms with E-state index in [1.807, 2.05) is 45.9 Å². The van der Waals surface area contributed by atoms with Crippen LogP contribution in [0, 0.1) is 18.8 Å². The predicted octanol–water partition coefficient (Wildman–Crippen LogP) is 3.63. The second-order valence-electron chi connectivity index (χ2n) is 10.4. The van der Waals surface area contributed by atoms with Gasteiger partial charge in [-0.3, -0.25) is 4.90 Å². The summed E-state index contributed by atoms with van der Waals surface area (Å²) in [6.07, 6.45) is -0.344. The van der Waals surface area contributed by atoms with Gasteiger partial charge in [-0.25, -0.2) is 9.63 Å². The maximum atomic E-state index is 12.8. The summed E-state index contributed by atoms with van der Waals surface area (Å²) < 4.78 is 31.3. The zero-order valence-corrected chi connectivity index (χ0v) is 21.6. The minimum atomic E-state index is -3.78. The Morgan fingerprint density at radius 2 is 1.60 bits per heavy atom. The average molecular weight is 499 g/mol. The number of hydrazone groups is 1. The van der Waals surface area contributed by atoms with Crippen molar-refractivity contribution in [1.29, 1.82) is 0 Å². The van der Waals surface area contributed by atoms with Crippen LogP contribution in [-0.2, 0) is 21.3 Å². The van der Waals surface area contributed by atoms with Gasteiger partial charge in [0.05, 0.1) is 10.6 Å². The van der Waals surface area contributed by atoms with Crippen LogP contribution in [0.2, 0.25) is 0 Å². The van der Waals surface area contributed by atoms with Crippen LogP contribution in [0.15, 0.2) is 64.6 Å². The van der Waals surface area contributed by atoms with Crippen molar-refractivity contribution >= 4 is 21.8 Å². The Morgan fingerprint density at radius 3 is 2.17 bits per heavy atom. The fourth-order valence-corrected chi connectivity index (χ4v) is 5.46. The van der Waals surface area contributed by atoms with Crippen molar-refractivity contribution in [1.82, 2.24) is 14.6 Å². The van der Waals surface area contributed by atoms with Gasteiger partial charge in [-0.2, -0.15) is 13.5 Å². The minimum Gasteiger partial charge on any atom is -0.444 e. The SMILES string of the molecule is Cc1ccc(S(=O)(=O)NN=C2C3CN(Cc4ccccc4)CC2CN(C(=O)OC(C)(C)C)C3)cc1. The fraction of sp³-hybridized carbons (Fsp3) is 0.462. The van der Waals surface area contributed by atoms with Gasteiger partial charge in [0.25, 0.3) is 10.0 Å². The number of hydrogen-bond acceptors (Lipinski definition) is 6. The van der Waals surface area contributed by atoms with Crippen LogP contribution in [-0.4, -0.2) is 61.8 Å². The molecule has 2 fully saturated rings. The number of piperidine rings is 2. The summed E-state index contributed by atoms with van der Waals surface area (Å²) in [7, 11) is -3.78. The van der Waals surface area contributed by atoms with E-state index in [1.165, 1.54) is 5.56 Å². The highest BCUT2D eigenvalue weighted by Gasteiger charge is 2.42. The number of carbonyl (C=O) groups is 1. The van der Waals surface area contributed by atoms with Crippen molar-refractivity contribution in [2.45, 2.75) is 44.7 Å². The lowest BCUT2D eigenvalue weighted by Crippen LogP contribution is -2.59. The molecule has 1 N–H and O–H groups in total. The molecule has 4 rings (SSSR count). The van der Waals surface area contributed by atoms with Crippen LogP contribution in [0.1, 0.15) is 31.9 Å². The Bertz CT molecular complexity index is 1160. The molecule has 2 aromatic rings. The summed E-state index contributed by atoms with van der Waals surface area (Å²) in [5, 5.41) is 4.42. The van der Waals surface area contributed by atoms with Crippen molar-refractivity contribution in [3.63, 3.8) is 0 Å². The van der Waals surface area contributed by atoms with Crippen LogP contribution in [0.5, 0.6) is 0 Å². The van der Waals surface area contributed by atoms with E-state index in [4.69, 9.17) is 4.74 Å². The smallest absolute Gasteiger partial charge is 0.410 e. The quantitative estimate of drug-likeness (QED) is 0.636. The number of rotatable bonds is 5.